The fourth-order valence-electron chi connectivity index (χ4n) is 2.46. The molecule has 1 heterocycles. The largest absolute Gasteiger partial charge is 0.497 e. The molecule has 23 heavy (non-hydrogen) atoms. The number of methoxy groups -OCH3 is 1. The molecular weight excluding hydrogens is 296 g/mol. The van der Waals surface area contributed by atoms with Gasteiger partial charge in [-0.05, 0) is 37.1 Å². The molecular formula is C16H20N4O3. The molecule has 0 saturated carbocycles. The van der Waals surface area contributed by atoms with Crippen LogP contribution in [0.2, 0.25) is 0 Å². The highest BCUT2D eigenvalue weighted by Crippen LogP contribution is 2.16. The second-order valence-corrected chi connectivity index (χ2v) is 5.25. The normalized spacial score (nSPS) is 16.7. The van der Waals surface area contributed by atoms with Crippen molar-refractivity contribution in [2.45, 2.75) is 18.9 Å². The molecule has 7 heteroatoms. The van der Waals surface area contributed by atoms with Crippen LogP contribution in [0.25, 0.3) is 0 Å². The van der Waals surface area contributed by atoms with Gasteiger partial charge in [0.1, 0.15) is 11.8 Å². The molecule has 0 unspecified atom stereocenters. The maximum atomic E-state index is 12.0. The monoisotopic (exact) mass is 316 g/mol. The van der Waals surface area contributed by atoms with Gasteiger partial charge in [0.25, 0.3) is 0 Å². The number of amides is 2. The highest BCUT2D eigenvalue weighted by molar-refractivity contribution is 5.92. The molecule has 7 nitrogen and oxygen atoms in total. The predicted molar refractivity (Wildman–Crippen MR) is 84.8 cm³/mol. The Morgan fingerprint density at radius 2 is 2.09 bits per heavy atom. The molecule has 1 saturated heterocycles. The van der Waals surface area contributed by atoms with Gasteiger partial charge in [0.15, 0.2) is 0 Å². The number of rotatable bonds is 6. The first-order valence-corrected chi connectivity index (χ1v) is 7.47. The molecule has 1 fully saturated rings. The Labute approximate surface area is 135 Å². The van der Waals surface area contributed by atoms with Crippen LogP contribution in [0.15, 0.2) is 24.3 Å². The third kappa shape index (κ3) is 4.69. The maximum Gasteiger partial charge on any atom is 0.238 e. The Kier molecular flexibility index (Phi) is 5.94. The molecule has 1 aromatic carbocycles. The van der Waals surface area contributed by atoms with Crippen LogP contribution in [0.3, 0.4) is 0 Å². The van der Waals surface area contributed by atoms with Gasteiger partial charge in [-0.1, -0.05) is 0 Å². The van der Waals surface area contributed by atoms with E-state index in [1.54, 1.807) is 36.3 Å². The van der Waals surface area contributed by atoms with Crippen LogP contribution in [0.5, 0.6) is 5.75 Å². The zero-order valence-electron chi connectivity index (χ0n) is 13.0. The Morgan fingerprint density at radius 3 is 2.74 bits per heavy atom. The minimum absolute atomic E-state index is 0.0306. The van der Waals surface area contributed by atoms with Crippen molar-refractivity contribution in [1.82, 2.24) is 10.2 Å². The van der Waals surface area contributed by atoms with Crippen LogP contribution < -0.4 is 15.4 Å². The van der Waals surface area contributed by atoms with Gasteiger partial charge < -0.3 is 15.0 Å². The number of hydrogen-bond donors (Lipinski definition) is 2. The van der Waals surface area contributed by atoms with E-state index >= 15 is 0 Å². The second kappa shape index (κ2) is 8.15. The molecule has 1 aliphatic heterocycles. The lowest BCUT2D eigenvalue weighted by Crippen LogP contribution is -2.42. The first-order valence-electron chi connectivity index (χ1n) is 7.47. The first kappa shape index (κ1) is 16.8. The summed E-state index contributed by atoms with van der Waals surface area (Å²) in [4.78, 5) is 25.4. The molecule has 0 spiro atoms. The minimum atomic E-state index is -0.336. The summed E-state index contributed by atoms with van der Waals surface area (Å²) in [7, 11) is 1.58. The number of benzene rings is 1. The van der Waals surface area contributed by atoms with Crippen LogP contribution in [-0.2, 0) is 9.59 Å². The standard InChI is InChI=1S/C16H20N4O3/c1-23-14-6-4-12(5-7-14)19-15(21)10-18-11-16(22)20-8-2-3-13(20)9-17/h4-7,13,18H,2-3,8,10-11H2,1H3,(H,19,21)/t13-/m0/s1. The van der Waals surface area contributed by atoms with Crippen molar-refractivity contribution < 1.29 is 14.3 Å². The van der Waals surface area contributed by atoms with Crippen molar-refractivity contribution in [2.24, 2.45) is 0 Å². The Balaban J connectivity index is 1.72. The van der Waals surface area contributed by atoms with Gasteiger partial charge in [-0.2, -0.15) is 5.26 Å². The molecule has 2 amide bonds. The van der Waals surface area contributed by atoms with E-state index in [9.17, 15) is 9.59 Å². The number of nitriles is 1. The van der Waals surface area contributed by atoms with E-state index in [0.29, 0.717) is 18.0 Å². The van der Waals surface area contributed by atoms with Crippen molar-refractivity contribution in [3.05, 3.63) is 24.3 Å². The molecule has 122 valence electrons. The number of nitrogens with one attached hydrogen (secondary N) is 2. The molecule has 0 aromatic heterocycles. The average Bonchev–Trinajstić information content (AvgIpc) is 3.04. The van der Waals surface area contributed by atoms with Crippen LogP contribution in [0.1, 0.15) is 12.8 Å². The zero-order valence-corrected chi connectivity index (χ0v) is 13.0. The van der Waals surface area contributed by atoms with Crippen molar-refractivity contribution in [1.29, 1.82) is 5.26 Å². The van der Waals surface area contributed by atoms with Gasteiger partial charge >= 0.3 is 0 Å². The van der Waals surface area contributed by atoms with Gasteiger partial charge in [-0.3, -0.25) is 14.9 Å². The van der Waals surface area contributed by atoms with E-state index in [1.165, 1.54) is 0 Å². The quantitative estimate of drug-likeness (QED) is 0.807. The molecule has 1 aliphatic rings. The summed E-state index contributed by atoms with van der Waals surface area (Å²) in [6.45, 7) is 0.688. The number of ether oxygens (including phenoxy) is 1. The first-order chi connectivity index (χ1) is 11.1. The summed E-state index contributed by atoms with van der Waals surface area (Å²) < 4.78 is 5.04. The van der Waals surface area contributed by atoms with E-state index in [-0.39, 0.29) is 30.9 Å². The lowest BCUT2D eigenvalue weighted by Gasteiger charge is -2.19. The number of nitrogens with zero attached hydrogens (tertiary/aromatic N) is 2. The van der Waals surface area contributed by atoms with E-state index in [4.69, 9.17) is 10.00 Å². The summed E-state index contributed by atoms with van der Waals surface area (Å²) in [5, 5.41) is 14.5. The molecule has 2 rings (SSSR count). The Bertz CT molecular complexity index is 594. The van der Waals surface area contributed by atoms with E-state index < -0.39 is 0 Å². The number of hydrogen-bond acceptors (Lipinski definition) is 5. The van der Waals surface area contributed by atoms with Gasteiger partial charge in [-0.15, -0.1) is 0 Å². The smallest absolute Gasteiger partial charge is 0.238 e. The Hall–Kier alpha value is -2.59. The highest BCUT2D eigenvalue weighted by Gasteiger charge is 2.27. The molecule has 2 N–H and O–H groups in total. The summed E-state index contributed by atoms with van der Waals surface area (Å²) in [5.74, 6) is 0.330. The molecule has 0 bridgehead atoms. The number of carbonyl (C=O) groups is 2. The van der Waals surface area contributed by atoms with Crippen LogP contribution in [0, 0.1) is 11.3 Å². The molecule has 1 atom stereocenters. The summed E-state index contributed by atoms with van der Waals surface area (Å²) in [6.07, 6.45) is 1.57. The topological polar surface area (TPSA) is 94.5 Å². The minimum Gasteiger partial charge on any atom is -0.497 e. The summed E-state index contributed by atoms with van der Waals surface area (Å²) in [5.41, 5.74) is 0.660. The lowest BCUT2D eigenvalue weighted by atomic mass is 10.2. The van der Waals surface area contributed by atoms with Crippen molar-refractivity contribution >= 4 is 17.5 Å². The summed E-state index contributed by atoms with van der Waals surface area (Å²) in [6, 6.07) is 8.77. The van der Waals surface area contributed by atoms with Gasteiger partial charge in [0.05, 0.1) is 26.3 Å². The van der Waals surface area contributed by atoms with Gasteiger partial charge in [0, 0.05) is 12.2 Å². The predicted octanol–water partition coefficient (Wildman–Crippen LogP) is 0.738. The fourth-order valence-corrected chi connectivity index (χ4v) is 2.46. The average molecular weight is 316 g/mol. The molecule has 1 aromatic rings. The third-order valence-electron chi connectivity index (χ3n) is 3.66. The number of likely N-dealkylation sites (tertiary alicyclic amines) is 1. The Morgan fingerprint density at radius 1 is 1.35 bits per heavy atom. The maximum absolute atomic E-state index is 12.0. The van der Waals surface area contributed by atoms with Crippen LogP contribution in [-0.4, -0.2) is 49.5 Å². The van der Waals surface area contributed by atoms with Crippen LogP contribution in [0.4, 0.5) is 5.69 Å². The fraction of sp³-hybridized carbons (Fsp3) is 0.438. The molecule has 0 radical (unpaired) electrons. The van der Waals surface area contributed by atoms with Crippen LogP contribution >= 0.6 is 0 Å². The van der Waals surface area contributed by atoms with Crippen molar-refractivity contribution in [2.75, 3.05) is 32.1 Å². The lowest BCUT2D eigenvalue weighted by molar-refractivity contribution is -0.130. The van der Waals surface area contributed by atoms with E-state index in [2.05, 4.69) is 16.7 Å². The SMILES string of the molecule is COc1ccc(NC(=O)CNCC(=O)N2CCC[C@H]2C#N)cc1. The number of carbonyl (C=O) groups excluding carboxylic acids is 2. The van der Waals surface area contributed by atoms with Gasteiger partial charge in [0.2, 0.25) is 11.8 Å². The van der Waals surface area contributed by atoms with Crippen molar-refractivity contribution in [3.8, 4) is 11.8 Å². The number of anilines is 1. The second-order valence-electron chi connectivity index (χ2n) is 5.25. The highest BCUT2D eigenvalue weighted by atomic mass is 16.5. The van der Waals surface area contributed by atoms with Crippen molar-refractivity contribution in [3.63, 3.8) is 0 Å². The van der Waals surface area contributed by atoms with E-state index in [0.717, 1.165) is 12.8 Å². The third-order valence-corrected chi connectivity index (χ3v) is 3.66. The summed E-state index contributed by atoms with van der Waals surface area (Å²) >= 11 is 0. The zero-order chi connectivity index (χ0) is 16.7. The van der Waals surface area contributed by atoms with Gasteiger partial charge in [-0.25, -0.2) is 0 Å². The van der Waals surface area contributed by atoms with E-state index in [1.807, 2.05) is 0 Å². The molecule has 0 aliphatic carbocycles.